The molecule has 0 bridgehead atoms. The maximum Gasteiger partial charge on any atom is 0.187 e. The van der Waals surface area contributed by atoms with Gasteiger partial charge in [-0.05, 0) is 39.0 Å². The molecule has 1 atom stereocenters. The average Bonchev–Trinajstić information content (AvgIpc) is 2.90. The van der Waals surface area contributed by atoms with Gasteiger partial charge in [0.25, 0.3) is 0 Å². The third-order valence-electron chi connectivity index (χ3n) is 4.19. The summed E-state index contributed by atoms with van der Waals surface area (Å²) in [5, 5.41) is 4.14. The van der Waals surface area contributed by atoms with Crippen molar-refractivity contribution < 1.29 is 9.59 Å². The fraction of sp³-hybridized carbons (Fsp3) is 0.200. The summed E-state index contributed by atoms with van der Waals surface area (Å²) in [5.41, 5.74) is 3.94. The minimum absolute atomic E-state index is 0.00472. The van der Waals surface area contributed by atoms with E-state index in [-0.39, 0.29) is 11.6 Å². The van der Waals surface area contributed by atoms with Crippen LogP contribution in [0, 0.1) is 6.92 Å². The van der Waals surface area contributed by atoms with Gasteiger partial charge in [0.2, 0.25) is 0 Å². The van der Waals surface area contributed by atoms with Gasteiger partial charge in [0.1, 0.15) is 0 Å². The molecule has 0 saturated heterocycles. The summed E-state index contributed by atoms with van der Waals surface area (Å²) in [6.45, 7) is 5.28. The van der Waals surface area contributed by atoms with Crippen molar-refractivity contribution in [2.45, 2.75) is 26.8 Å². The van der Waals surface area contributed by atoms with E-state index in [4.69, 9.17) is 0 Å². The molecule has 4 heteroatoms. The monoisotopic (exact) mass is 320 g/mol. The number of para-hydroxylation sites is 1. The molecule has 0 amide bonds. The summed E-state index contributed by atoms with van der Waals surface area (Å²) in [7, 11) is 0. The van der Waals surface area contributed by atoms with Gasteiger partial charge in [-0.1, -0.05) is 30.3 Å². The van der Waals surface area contributed by atoms with E-state index in [2.05, 4.69) is 10.3 Å². The number of nitrogens with one attached hydrogen (secondary N) is 2. The van der Waals surface area contributed by atoms with E-state index in [1.54, 1.807) is 12.1 Å². The number of aromatic nitrogens is 1. The zero-order valence-corrected chi connectivity index (χ0v) is 14.0. The zero-order valence-electron chi connectivity index (χ0n) is 14.0. The van der Waals surface area contributed by atoms with Gasteiger partial charge in [-0.15, -0.1) is 0 Å². The third-order valence-corrected chi connectivity index (χ3v) is 4.19. The smallest absolute Gasteiger partial charge is 0.187 e. The lowest BCUT2D eigenvalue weighted by molar-refractivity contribution is 0.0975. The number of benzene rings is 2. The van der Waals surface area contributed by atoms with Crippen molar-refractivity contribution in [3.8, 4) is 0 Å². The predicted molar refractivity (Wildman–Crippen MR) is 96.9 cm³/mol. The van der Waals surface area contributed by atoms with E-state index in [1.807, 2.05) is 50.2 Å². The molecular weight excluding hydrogens is 300 g/mol. The number of Topliss-reactive ketones (excluding diaryl/α,β-unsaturated/α-hetero) is 2. The fourth-order valence-electron chi connectivity index (χ4n) is 2.95. The number of carbonyl (C=O) groups is 2. The Kier molecular flexibility index (Phi) is 4.21. The molecule has 24 heavy (non-hydrogen) atoms. The molecule has 122 valence electrons. The number of carbonyl (C=O) groups excluding carboxylic acids is 2. The predicted octanol–water partition coefficient (Wildman–Crippen LogP) is 4.36. The van der Waals surface area contributed by atoms with E-state index in [0.29, 0.717) is 11.1 Å². The Bertz CT molecular complexity index is 924. The maximum atomic E-state index is 12.9. The Labute approximate surface area is 140 Å². The molecule has 2 aromatic carbocycles. The van der Waals surface area contributed by atoms with E-state index in [9.17, 15) is 9.59 Å². The van der Waals surface area contributed by atoms with Crippen LogP contribution in [0.25, 0.3) is 10.9 Å². The van der Waals surface area contributed by atoms with E-state index < -0.39 is 6.04 Å². The standard InChI is InChI=1S/C20H20N2O2/c1-12-19(17-9-4-5-10-18(17)22-12)20(24)13(2)21-16-8-6-7-15(11-16)14(3)23/h4-11,13,21-22H,1-3H3/t13-/m0/s1. The van der Waals surface area contributed by atoms with Crippen LogP contribution in [0.2, 0.25) is 0 Å². The molecule has 0 aliphatic rings. The van der Waals surface area contributed by atoms with Crippen molar-refractivity contribution >= 4 is 28.2 Å². The molecule has 0 saturated carbocycles. The van der Waals surface area contributed by atoms with Crippen molar-refractivity contribution in [3.05, 3.63) is 65.4 Å². The zero-order chi connectivity index (χ0) is 17.3. The van der Waals surface area contributed by atoms with Crippen molar-refractivity contribution in [3.63, 3.8) is 0 Å². The molecule has 0 aliphatic carbocycles. The molecule has 0 fully saturated rings. The largest absolute Gasteiger partial charge is 0.375 e. The number of H-pyrrole nitrogens is 1. The second-order valence-electron chi connectivity index (χ2n) is 6.04. The normalized spacial score (nSPS) is 12.1. The van der Waals surface area contributed by atoms with E-state index >= 15 is 0 Å². The Morgan fingerprint density at radius 2 is 1.83 bits per heavy atom. The summed E-state index contributed by atoms with van der Waals surface area (Å²) in [4.78, 5) is 27.7. The number of hydrogen-bond acceptors (Lipinski definition) is 3. The number of fused-ring (bicyclic) bond motifs is 1. The van der Waals surface area contributed by atoms with Gasteiger partial charge in [-0.3, -0.25) is 9.59 Å². The minimum atomic E-state index is -0.398. The molecule has 0 radical (unpaired) electrons. The van der Waals surface area contributed by atoms with Crippen LogP contribution in [0.15, 0.2) is 48.5 Å². The number of ketones is 2. The third kappa shape index (κ3) is 2.95. The minimum Gasteiger partial charge on any atom is -0.375 e. The van der Waals surface area contributed by atoms with E-state index in [0.717, 1.165) is 22.3 Å². The average molecular weight is 320 g/mol. The van der Waals surface area contributed by atoms with Crippen LogP contribution >= 0.6 is 0 Å². The van der Waals surface area contributed by atoms with Crippen LogP contribution in [0.1, 0.15) is 40.3 Å². The first-order chi connectivity index (χ1) is 11.5. The van der Waals surface area contributed by atoms with Crippen molar-refractivity contribution in [1.82, 2.24) is 4.98 Å². The maximum absolute atomic E-state index is 12.9. The highest BCUT2D eigenvalue weighted by Gasteiger charge is 2.21. The topological polar surface area (TPSA) is 62.0 Å². The Morgan fingerprint density at radius 3 is 2.58 bits per heavy atom. The number of hydrogen-bond donors (Lipinski definition) is 2. The Morgan fingerprint density at radius 1 is 1.08 bits per heavy atom. The highest BCUT2D eigenvalue weighted by Crippen LogP contribution is 2.24. The molecule has 1 heterocycles. The van der Waals surface area contributed by atoms with Gasteiger partial charge in [0.05, 0.1) is 6.04 Å². The van der Waals surface area contributed by atoms with Crippen molar-refractivity contribution in [2.24, 2.45) is 0 Å². The highest BCUT2D eigenvalue weighted by molar-refractivity contribution is 6.12. The molecule has 4 nitrogen and oxygen atoms in total. The SMILES string of the molecule is CC(=O)c1cccc(N[C@@H](C)C(=O)c2c(C)[nH]c3ccccc23)c1. The fourth-order valence-corrected chi connectivity index (χ4v) is 2.95. The molecule has 3 rings (SSSR count). The summed E-state index contributed by atoms with van der Waals surface area (Å²) >= 11 is 0. The molecule has 1 aromatic heterocycles. The van der Waals surface area contributed by atoms with Gasteiger partial charge in [0.15, 0.2) is 11.6 Å². The first kappa shape index (κ1) is 16.0. The summed E-state index contributed by atoms with van der Waals surface area (Å²) in [6.07, 6.45) is 0. The van der Waals surface area contributed by atoms with Crippen LogP contribution in [-0.4, -0.2) is 22.6 Å². The number of aryl methyl sites for hydroxylation is 1. The van der Waals surface area contributed by atoms with E-state index in [1.165, 1.54) is 6.92 Å². The number of rotatable bonds is 5. The van der Waals surface area contributed by atoms with Gasteiger partial charge in [0, 0.05) is 33.4 Å². The van der Waals surface area contributed by atoms with Crippen LogP contribution in [-0.2, 0) is 0 Å². The van der Waals surface area contributed by atoms with Crippen LogP contribution in [0.4, 0.5) is 5.69 Å². The molecule has 3 aromatic rings. The molecule has 0 spiro atoms. The van der Waals surface area contributed by atoms with Gasteiger partial charge >= 0.3 is 0 Å². The highest BCUT2D eigenvalue weighted by atomic mass is 16.1. The first-order valence-electron chi connectivity index (χ1n) is 7.96. The molecule has 0 unspecified atom stereocenters. The first-order valence-corrected chi connectivity index (χ1v) is 7.96. The Balaban J connectivity index is 1.88. The quantitative estimate of drug-likeness (QED) is 0.687. The van der Waals surface area contributed by atoms with Crippen LogP contribution < -0.4 is 5.32 Å². The number of aromatic amines is 1. The lowest BCUT2D eigenvalue weighted by atomic mass is 10.0. The molecular formula is C20H20N2O2. The van der Waals surface area contributed by atoms with Crippen LogP contribution in [0.5, 0.6) is 0 Å². The van der Waals surface area contributed by atoms with Gasteiger partial charge in [-0.25, -0.2) is 0 Å². The molecule has 0 aliphatic heterocycles. The van der Waals surface area contributed by atoms with Crippen molar-refractivity contribution in [2.75, 3.05) is 5.32 Å². The summed E-state index contributed by atoms with van der Waals surface area (Å²) in [6, 6.07) is 14.6. The Hall–Kier alpha value is -2.88. The lowest BCUT2D eigenvalue weighted by Gasteiger charge is -2.15. The second kappa shape index (κ2) is 6.32. The lowest BCUT2D eigenvalue weighted by Crippen LogP contribution is -2.26. The second-order valence-corrected chi connectivity index (χ2v) is 6.04. The van der Waals surface area contributed by atoms with Gasteiger partial charge < -0.3 is 10.3 Å². The van der Waals surface area contributed by atoms with Gasteiger partial charge in [-0.2, -0.15) is 0 Å². The van der Waals surface area contributed by atoms with Crippen molar-refractivity contribution in [1.29, 1.82) is 0 Å². The van der Waals surface area contributed by atoms with Crippen LogP contribution in [0.3, 0.4) is 0 Å². The molecule has 2 N–H and O–H groups in total. The summed E-state index contributed by atoms with van der Waals surface area (Å²) < 4.78 is 0. The number of anilines is 1. The summed E-state index contributed by atoms with van der Waals surface area (Å²) in [5.74, 6) is 0.0308.